The van der Waals surface area contributed by atoms with Crippen molar-refractivity contribution in [3.8, 4) is 0 Å². The Hall–Kier alpha value is -3.13. The average molecular weight is 430 g/mol. The molecule has 0 aliphatic heterocycles. The summed E-state index contributed by atoms with van der Waals surface area (Å²) in [5, 5.41) is 5.42. The Bertz CT molecular complexity index is 1020. The molecule has 7 nitrogen and oxygen atoms in total. The van der Waals surface area contributed by atoms with Gasteiger partial charge in [0.2, 0.25) is 15.9 Å². The van der Waals surface area contributed by atoms with Crippen molar-refractivity contribution in [1.82, 2.24) is 5.32 Å². The van der Waals surface area contributed by atoms with Gasteiger partial charge in [0.1, 0.15) is 0 Å². The molecule has 0 saturated carbocycles. The minimum atomic E-state index is -3.48. The van der Waals surface area contributed by atoms with Gasteiger partial charge in [0.25, 0.3) is 5.91 Å². The SMILES string of the molecule is C=CCNC(=O)c1ccccc1NC(=O)CCCN(c1ccccc1C)S(C)(=O)=O. The molecule has 8 heteroatoms. The predicted molar refractivity (Wildman–Crippen MR) is 120 cm³/mol. The summed E-state index contributed by atoms with van der Waals surface area (Å²) >= 11 is 0. The third-order valence-electron chi connectivity index (χ3n) is 4.40. The zero-order chi connectivity index (χ0) is 22.1. The van der Waals surface area contributed by atoms with Crippen LogP contribution in [0.25, 0.3) is 0 Å². The van der Waals surface area contributed by atoms with Gasteiger partial charge in [0.05, 0.1) is 23.2 Å². The van der Waals surface area contributed by atoms with E-state index >= 15 is 0 Å². The fourth-order valence-corrected chi connectivity index (χ4v) is 3.98. The number of carbonyl (C=O) groups excluding carboxylic acids is 2. The van der Waals surface area contributed by atoms with Gasteiger partial charge in [-0.3, -0.25) is 13.9 Å². The van der Waals surface area contributed by atoms with Crippen molar-refractivity contribution in [2.24, 2.45) is 0 Å². The summed E-state index contributed by atoms with van der Waals surface area (Å²) in [4.78, 5) is 24.6. The van der Waals surface area contributed by atoms with Crippen LogP contribution in [0.2, 0.25) is 0 Å². The Morgan fingerprint density at radius 3 is 2.43 bits per heavy atom. The maximum Gasteiger partial charge on any atom is 0.253 e. The molecule has 0 aliphatic carbocycles. The second-order valence-corrected chi connectivity index (χ2v) is 8.72. The molecule has 2 aromatic carbocycles. The Morgan fingerprint density at radius 2 is 1.77 bits per heavy atom. The van der Waals surface area contributed by atoms with Crippen LogP contribution in [0, 0.1) is 6.92 Å². The highest BCUT2D eigenvalue weighted by Gasteiger charge is 2.19. The minimum absolute atomic E-state index is 0.112. The normalized spacial score (nSPS) is 10.9. The lowest BCUT2D eigenvalue weighted by Crippen LogP contribution is -2.32. The quantitative estimate of drug-likeness (QED) is 0.567. The number of nitrogens with one attached hydrogen (secondary N) is 2. The summed E-state index contributed by atoms with van der Waals surface area (Å²) in [5.74, 6) is -0.606. The molecule has 2 N–H and O–H groups in total. The largest absolute Gasteiger partial charge is 0.349 e. The molecule has 2 amide bonds. The fraction of sp³-hybridized carbons (Fsp3) is 0.273. The number of para-hydroxylation sites is 2. The van der Waals surface area contributed by atoms with Crippen molar-refractivity contribution in [3.63, 3.8) is 0 Å². The number of amides is 2. The van der Waals surface area contributed by atoms with E-state index in [1.54, 1.807) is 42.5 Å². The highest BCUT2D eigenvalue weighted by Crippen LogP contribution is 2.22. The smallest absolute Gasteiger partial charge is 0.253 e. The molecular formula is C22H27N3O4S. The highest BCUT2D eigenvalue weighted by atomic mass is 32.2. The Labute approximate surface area is 177 Å². The van der Waals surface area contributed by atoms with Crippen molar-refractivity contribution in [3.05, 3.63) is 72.3 Å². The van der Waals surface area contributed by atoms with Crippen LogP contribution in [0.15, 0.2) is 61.2 Å². The van der Waals surface area contributed by atoms with Crippen molar-refractivity contribution in [2.45, 2.75) is 19.8 Å². The first kappa shape index (κ1) is 23.2. The maximum absolute atomic E-state index is 12.4. The molecule has 0 bridgehead atoms. The zero-order valence-corrected chi connectivity index (χ0v) is 18.0. The van der Waals surface area contributed by atoms with Gasteiger partial charge in [-0.2, -0.15) is 0 Å². The van der Waals surface area contributed by atoms with Crippen molar-refractivity contribution >= 4 is 33.2 Å². The van der Waals surface area contributed by atoms with Crippen LogP contribution in [0.1, 0.15) is 28.8 Å². The molecule has 0 saturated heterocycles. The van der Waals surface area contributed by atoms with E-state index in [4.69, 9.17) is 0 Å². The Morgan fingerprint density at radius 1 is 1.10 bits per heavy atom. The molecule has 0 aromatic heterocycles. The van der Waals surface area contributed by atoms with E-state index in [9.17, 15) is 18.0 Å². The molecule has 160 valence electrons. The predicted octanol–water partition coefficient (Wildman–Crippen LogP) is 3.10. The minimum Gasteiger partial charge on any atom is -0.349 e. The molecule has 30 heavy (non-hydrogen) atoms. The second-order valence-electron chi connectivity index (χ2n) is 6.82. The van der Waals surface area contributed by atoms with Crippen LogP contribution in [0.4, 0.5) is 11.4 Å². The van der Waals surface area contributed by atoms with Gasteiger partial charge in [-0.1, -0.05) is 36.4 Å². The molecule has 0 atom stereocenters. The summed E-state index contributed by atoms with van der Waals surface area (Å²) < 4.78 is 25.8. The summed E-state index contributed by atoms with van der Waals surface area (Å²) in [6.07, 6.45) is 3.16. The van der Waals surface area contributed by atoms with Crippen molar-refractivity contribution in [2.75, 3.05) is 29.0 Å². The number of nitrogens with zero attached hydrogens (tertiary/aromatic N) is 1. The number of carbonyl (C=O) groups is 2. The number of hydrogen-bond donors (Lipinski definition) is 2. The van der Waals surface area contributed by atoms with Gasteiger partial charge in [0.15, 0.2) is 0 Å². The second kappa shape index (κ2) is 10.6. The van der Waals surface area contributed by atoms with Crippen LogP contribution in [0.5, 0.6) is 0 Å². The summed E-state index contributed by atoms with van der Waals surface area (Å²) in [5.41, 5.74) is 2.20. The first-order valence-corrected chi connectivity index (χ1v) is 11.4. The molecule has 0 unspecified atom stereocenters. The first-order valence-electron chi connectivity index (χ1n) is 9.55. The van der Waals surface area contributed by atoms with Gasteiger partial charge in [-0.05, 0) is 37.1 Å². The van der Waals surface area contributed by atoms with E-state index in [-0.39, 0.29) is 24.8 Å². The maximum atomic E-state index is 12.4. The molecule has 0 fully saturated rings. The molecule has 2 rings (SSSR count). The highest BCUT2D eigenvalue weighted by molar-refractivity contribution is 7.92. The lowest BCUT2D eigenvalue weighted by atomic mass is 10.1. The third kappa shape index (κ3) is 6.45. The van der Waals surface area contributed by atoms with Gasteiger partial charge in [-0.25, -0.2) is 8.42 Å². The molecule has 0 heterocycles. The van der Waals surface area contributed by atoms with Crippen LogP contribution in [0.3, 0.4) is 0 Å². The molecule has 0 radical (unpaired) electrons. The van der Waals surface area contributed by atoms with E-state index in [0.717, 1.165) is 11.8 Å². The zero-order valence-electron chi connectivity index (χ0n) is 17.2. The summed E-state index contributed by atoms with van der Waals surface area (Å²) in [6, 6.07) is 13.9. The number of rotatable bonds is 10. The number of anilines is 2. The van der Waals surface area contributed by atoms with Crippen molar-refractivity contribution in [1.29, 1.82) is 0 Å². The van der Waals surface area contributed by atoms with Gasteiger partial charge in [-0.15, -0.1) is 6.58 Å². The van der Waals surface area contributed by atoms with Crippen LogP contribution in [-0.4, -0.2) is 39.6 Å². The summed E-state index contributed by atoms with van der Waals surface area (Å²) in [6.45, 7) is 5.90. The van der Waals surface area contributed by atoms with E-state index in [1.165, 1.54) is 4.31 Å². The Balaban J connectivity index is 2.02. The van der Waals surface area contributed by atoms with E-state index < -0.39 is 10.0 Å². The standard InChI is InChI=1S/C22H27N3O4S/c1-4-15-23-22(27)18-11-6-7-12-19(18)24-21(26)14-9-16-25(30(3,28)29)20-13-8-5-10-17(20)2/h4-8,10-13H,1,9,14-16H2,2-3H3,(H,23,27)(H,24,26). The van der Waals surface area contributed by atoms with Gasteiger partial charge in [0, 0.05) is 19.5 Å². The van der Waals surface area contributed by atoms with Gasteiger partial charge < -0.3 is 10.6 Å². The topological polar surface area (TPSA) is 95.6 Å². The van der Waals surface area contributed by atoms with Crippen LogP contribution in [-0.2, 0) is 14.8 Å². The number of sulfonamides is 1. The molecule has 2 aromatic rings. The first-order chi connectivity index (χ1) is 14.2. The van der Waals surface area contributed by atoms with E-state index in [0.29, 0.717) is 29.9 Å². The van der Waals surface area contributed by atoms with Crippen molar-refractivity contribution < 1.29 is 18.0 Å². The molecular weight excluding hydrogens is 402 g/mol. The number of hydrogen-bond acceptors (Lipinski definition) is 4. The molecule has 0 aliphatic rings. The monoisotopic (exact) mass is 429 g/mol. The Kier molecular flexibility index (Phi) is 8.17. The summed E-state index contributed by atoms with van der Waals surface area (Å²) in [7, 11) is -3.48. The number of benzene rings is 2. The van der Waals surface area contributed by atoms with Crippen LogP contribution >= 0.6 is 0 Å². The van der Waals surface area contributed by atoms with E-state index in [1.807, 2.05) is 19.1 Å². The lowest BCUT2D eigenvalue weighted by Gasteiger charge is -2.24. The lowest BCUT2D eigenvalue weighted by molar-refractivity contribution is -0.116. The molecule has 0 spiro atoms. The van der Waals surface area contributed by atoms with Gasteiger partial charge >= 0.3 is 0 Å². The van der Waals surface area contributed by atoms with E-state index in [2.05, 4.69) is 17.2 Å². The fourth-order valence-electron chi connectivity index (χ4n) is 2.95. The number of aryl methyl sites for hydroxylation is 1. The third-order valence-corrected chi connectivity index (χ3v) is 5.58. The average Bonchev–Trinajstić information content (AvgIpc) is 2.70. The van der Waals surface area contributed by atoms with Crippen LogP contribution < -0.4 is 14.9 Å².